The zero-order valence-corrected chi connectivity index (χ0v) is 6.35. The minimum Gasteiger partial charge on any atom is -0.394 e. The van der Waals surface area contributed by atoms with E-state index in [9.17, 15) is 9.59 Å². The van der Waals surface area contributed by atoms with Crippen LogP contribution in [0.4, 0.5) is 0 Å². The van der Waals surface area contributed by atoms with Crippen molar-refractivity contribution in [2.24, 2.45) is 0 Å². The molecule has 0 aliphatic carbocycles. The maximum absolute atomic E-state index is 9.81. The predicted molar refractivity (Wildman–Crippen MR) is 22.4 cm³/mol. The van der Waals surface area contributed by atoms with Crippen molar-refractivity contribution < 1.29 is 89.8 Å². The Balaban J connectivity index is -0.000000180. The van der Waals surface area contributed by atoms with E-state index in [1.807, 2.05) is 0 Å². The molecular weight excluding hydrogens is 176 g/mol. The second-order valence-electron chi connectivity index (χ2n) is 1.09. The molecule has 0 spiro atoms. The predicted octanol–water partition coefficient (Wildman–Crippen LogP) is 0.0960. The van der Waals surface area contributed by atoms with E-state index in [4.69, 9.17) is 0 Å². The fraction of sp³-hybridized carbons (Fsp3) is 0.500. The Labute approximate surface area is 114 Å². The number of carbonyl (C=O) groups excluding carboxylic acids is 2. The number of rotatable bonds is 0. The summed E-state index contributed by atoms with van der Waals surface area (Å²) in [5.41, 5.74) is 0. The number of ether oxygens (including phenoxy) is 1. The molecule has 0 saturated carbocycles. The molecule has 0 fully saturated rings. The molecule has 0 aromatic rings. The van der Waals surface area contributed by atoms with Crippen LogP contribution >= 0.6 is 0 Å². The van der Waals surface area contributed by atoms with Gasteiger partial charge in [-0.25, -0.2) is 0 Å². The van der Waals surface area contributed by atoms with Crippen LogP contribution in [0.3, 0.4) is 0 Å². The van der Waals surface area contributed by atoms with Gasteiger partial charge in [0.25, 0.3) is 0 Å². The van der Waals surface area contributed by atoms with Crippen LogP contribution in [-0.4, -0.2) is 11.9 Å². The Morgan fingerprint density at radius 3 is 1.22 bits per heavy atom. The van der Waals surface area contributed by atoms with Crippen LogP contribution in [0.1, 0.15) is 13.8 Å². The minimum absolute atomic E-state index is 0. The van der Waals surface area contributed by atoms with Crippen molar-refractivity contribution in [2.45, 2.75) is 13.8 Å². The fourth-order valence-electron chi connectivity index (χ4n) is 0.202. The largest absolute Gasteiger partial charge is 0.394 e. The van der Waals surface area contributed by atoms with E-state index in [2.05, 4.69) is 4.74 Å². The molecular formula is C4H6Ar2O3. The maximum atomic E-state index is 9.81. The second-order valence-corrected chi connectivity index (χ2v) is 1.09. The Hall–Kier alpha value is 1.66. The average molecular weight is 182 g/mol. The van der Waals surface area contributed by atoms with Gasteiger partial charge in [-0.1, -0.05) is 0 Å². The zero-order valence-electron chi connectivity index (χ0n) is 4.93. The first-order valence-electron chi connectivity index (χ1n) is 1.82. The van der Waals surface area contributed by atoms with Crippen LogP contribution in [-0.2, 0) is 14.3 Å². The first-order chi connectivity index (χ1) is 3.13. The number of carbonyl (C=O) groups is 2. The first kappa shape index (κ1) is 17.0. The van der Waals surface area contributed by atoms with Gasteiger partial charge in [-0.3, -0.25) is 9.59 Å². The van der Waals surface area contributed by atoms with Crippen LogP contribution in [0.15, 0.2) is 0 Å². The normalized spacial score (nSPS) is 6.00. The van der Waals surface area contributed by atoms with Crippen molar-refractivity contribution in [1.29, 1.82) is 0 Å². The van der Waals surface area contributed by atoms with Gasteiger partial charge in [0.15, 0.2) is 0 Å². The third-order valence-electron chi connectivity index (χ3n) is 0.287. The standard InChI is InChI=1S/C4H6O3.2Ar/c1-3(5)7-4(2)6;;/h1-2H3;;. The van der Waals surface area contributed by atoms with Crippen molar-refractivity contribution in [3.8, 4) is 0 Å². The van der Waals surface area contributed by atoms with Gasteiger partial charge in [0.1, 0.15) is 0 Å². The molecule has 0 unspecified atom stereocenters. The molecule has 56 valence electrons. The summed E-state index contributed by atoms with van der Waals surface area (Å²) in [5.74, 6) is -1.12. The van der Waals surface area contributed by atoms with Crippen molar-refractivity contribution in [2.75, 3.05) is 0 Å². The van der Waals surface area contributed by atoms with Gasteiger partial charge in [-0.15, -0.1) is 0 Å². The van der Waals surface area contributed by atoms with Crippen LogP contribution in [0.2, 0.25) is 0 Å². The summed E-state index contributed by atoms with van der Waals surface area (Å²) in [7, 11) is 0. The van der Waals surface area contributed by atoms with Crippen LogP contribution < -0.4 is 0 Å². The molecule has 0 aromatic heterocycles. The molecule has 0 saturated heterocycles. The Morgan fingerprint density at radius 1 is 1.00 bits per heavy atom. The molecule has 0 aliphatic rings. The van der Waals surface area contributed by atoms with E-state index in [1.54, 1.807) is 0 Å². The third-order valence-corrected chi connectivity index (χ3v) is 0.287. The van der Waals surface area contributed by atoms with Crippen molar-refractivity contribution in [1.82, 2.24) is 0 Å². The Bertz CT molecular complexity index is 90.0. The van der Waals surface area contributed by atoms with Gasteiger partial charge in [-0.2, -0.15) is 0 Å². The minimum atomic E-state index is -0.562. The van der Waals surface area contributed by atoms with Gasteiger partial charge in [0.05, 0.1) is 0 Å². The monoisotopic (exact) mass is 182 g/mol. The summed E-state index contributed by atoms with van der Waals surface area (Å²) < 4.78 is 3.97. The van der Waals surface area contributed by atoms with Crippen LogP contribution in [0.5, 0.6) is 0 Å². The second kappa shape index (κ2) is 9.66. The average Bonchev–Trinajstić information content (AvgIpc) is 1.27. The Morgan fingerprint density at radius 2 is 1.22 bits per heavy atom. The molecule has 5 heteroatoms. The van der Waals surface area contributed by atoms with E-state index in [-0.39, 0.29) is 75.5 Å². The molecule has 0 radical (unpaired) electrons. The van der Waals surface area contributed by atoms with Crippen molar-refractivity contribution >= 4 is 11.9 Å². The molecule has 0 bridgehead atoms. The first-order valence-corrected chi connectivity index (χ1v) is 1.82. The van der Waals surface area contributed by atoms with Crippen molar-refractivity contribution in [3.63, 3.8) is 0 Å². The molecule has 0 heterocycles. The van der Waals surface area contributed by atoms with E-state index < -0.39 is 11.9 Å². The van der Waals surface area contributed by atoms with E-state index in [1.165, 1.54) is 13.8 Å². The summed E-state index contributed by atoms with van der Waals surface area (Å²) in [6, 6.07) is 0. The molecule has 0 atom stereocenters. The smallest absolute Gasteiger partial charge is 0.310 e. The van der Waals surface area contributed by atoms with Gasteiger partial charge in [0, 0.05) is 89.3 Å². The molecule has 0 amide bonds. The summed E-state index contributed by atoms with van der Waals surface area (Å²) in [6.45, 7) is 2.36. The topological polar surface area (TPSA) is 43.4 Å². The number of hydrogen-bond acceptors (Lipinski definition) is 3. The summed E-state index contributed by atoms with van der Waals surface area (Å²) in [4.78, 5) is 19.6. The molecule has 0 aliphatic heterocycles. The van der Waals surface area contributed by atoms with Gasteiger partial charge in [0.2, 0.25) is 0 Å². The van der Waals surface area contributed by atoms with Gasteiger partial charge < -0.3 is 4.74 Å². The third kappa shape index (κ3) is 17.7. The number of esters is 2. The summed E-state index contributed by atoms with van der Waals surface area (Å²) in [6.07, 6.45) is 0. The molecule has 0 N–H and O–H groups in total. The quantitative estimate of drug-likeness (QED) is 0.394. The number of hydrogen-bond donors (Lipinski definition) is 0. The van der Waals surface area contributed by atoms with E-state index in [0.717, 1.165) is 0 Å². The van der Waals surface area contributed by atoms with Crippen LogP contribution in [0, 0.1) is 75.5 Å². The van der Waals surface area contributed by atoms with Gasteiger partial charge >= 0.3 is 11.9 Å². The van der Waals surface area contributed by atoms with E-state index >= 15 is 0 Å². The maximum Gasteiger partial charge on any atom is 0.310 e. The fourth-order valence-corrected chi connectivity index (χ4v) is 0.202. The molecule has 9 heavy (non-hydrogen) atoms. The van der Waals surface area contributed by atoms with Gasteiger partial charge in [-0.05, 0) is 0 Å². The zero-order chi connectivity index (χ0) is 5.86. The molecule has 0 aromatic carbocycles. The SMILES string of the molecule is CC(=O)OC(C)=O.[Ar].[Ar]. The van der Waals surface area contributed by atoms with Crippen LogP contribution in [0.25, 0.3) is 0 Å². The molecule has 0 rings (SSSR count). The summed E-state index contributed by atoms with van der Waals surface area (Å²) >= 11 is 0. The van der Waals surface area contributed by atoms with Crippen molar-refractivity contribution in [3.05, 3.63) is 0 Å². The van der Waals surface area contributed by atoms with E-state index in [0.29, 0.717) is 0 Å². The molecule has 3 nitrogen and oxygen atoms in total. The Kier molecular flexibility index (Phi) is 18.2. The summed E-state index contributed by atoms with van der Waals surface area (Å²) in [5, 5.41) is 0.